The van der Waals surface area contributed by atoms with Gasteiger partial charge in [0.05, 0.1) is 17.3 Å². The van der Waals surface area contributed by atoms with Gasteiger partial charge in [-0.05, 0) is 39.0 Å². The molecule has 0 saturated heterocycles. The number of hydrogen-bond acceptors (Lipinski definition) is 6. The lowest BCUT2D eigenvalue weighted by Gasteiger charge is -2.18. The summed E-state index contributed by atoms with van der Waals surface area (Å²) in [7, 11) is 0. The third-order valence-corrected chi connectivity index (χ3v) is 5.68. The molecule has 1 atom stereocenters. The van der Waals surface area contributed by atoms with Crippen molar-refractivity contribution in [3.05, 3.63) is 93.2 Å². The molecule has 2 aromatic carbocycles. The zero-order valence-electron chi connectivity index (χ0n) is 19.6. The average molecular weight is 472 g/mol. The van der Waals surface area contributed by atoms with Crippen molar-refractivity contribution in [2.45, 2.75) is 33.4 Å². The van der Waals surface area contributed by atoms with Crippen LogP contribution in [0.5, 0.6) is 0 Å². The summed E-state index contributed by atoms with van der Waals surface area (Å²) in [6.45, 7) is 6.49. The largest absolute Gasteiger partial charge is 0.335 e. The number of nitrogens with one attached hydrogen (secondary N) is 3. The van der Waals surface area contributed by atoms with E-state index >= 15 is 0 Å². The van der Waals surface area contributed by atoms with Crippen LogP contribution in [0, 0.1) is 13.8 Å². The fourth-order valence-corrected chi connectivity index (χ4v) is 3.85. The lowest BCUT2D eigenvalue weighted by molar-refractivity contribution is -0.123. The third kappa shape index (κ3) is 4.86. The predicted octanol–water partition coefficient (Wildman–Crippen LogP) is 2.38. The van der Waals surface area contributed by atoms with Crippen LogP contribution in [0.4, 0.5) is 0 Å². The summed E-state index contributed by atoms with van der Waals surface area (Å²) in [5.74, 6) is -1.09. The van der Waals surface area contributed by atoms with E-state index in [4.69, 9.17) is 0 Å². The van der Waals surface area contributed by atoms with E-state index < -0.39 is 23.4 Å². The fourth-order valence-electron chi connectivity index (χ4n) is 3.85. The number of aromatic amines is 1. The molecule has 0 unspecified atom stereocenters. The van der Waals surface area contributed by atoms with Crippen LogP contribution in [-0.4, -0.2) is 38.0 Å². The summed E-state index contributed by atoms with van der Waals surface area (Å²) in [6, 6.07) is 14.0. The highest BCUT2D eigenvalue weighted by molar-refractivity contribution is 5.99. The maximum Gasteiger partial charge on any atom is 0.272 e. The van der Waals surface area contributed by atoms with Gasteiger partial charge in [0.2, 0.25) is 0 Å². The van der Waals surface area contributed by atoms with E-state index in [1.54, 1.807) is 54.6 Å². The first kappa shape index (κ1) is 23.6. The van der Waals surface area contributed by atoms with Crippen molar-refractivity contribution in [1.29, 1.82) is 0 Å². The van der Waals surface area contributed by atoms with Crippen LogP contribution in [-0.2, 0) is 11.3 Å². The van der Waals surface area contributed by atoms with Crippen molar-refractivity contribution in [1.82, 2.24) is 30.7 Å². The van der Waals surface area contributed by atoms with Crippen molar-refractivity contribution in [2.75, 3.05) is 0 Å². The lowest BCUT2D eigenvalue weighted by atomic mass is 10.0. The molecule has 35 heavy (non-hydrogen) atoms. The molecule has 2 amide bonds. The van der Waals surface area contributed by atoms with Gasteiger partial charge in [-0.1, -0.05) is 36.4 Å². The van der Waals surface area contributed by atoms with Gasteiger partial charge < -0.3 is 5.32 Å². The number of hydrogen-bond donors (Lipinski definition) is 3. The number of nitrogens with zero attached hydrogens (tertiary/aromatic N) is 4. The van der Waals surface area contributed by atoms with E-state index in [0.29, 0.717) is 22.9 Å². The average Bonchev–Trinajstić information content (AvgIpc) is 3.16. The molecule has 4 aromatic rings. The first-order valence-electron chi connectivity index (χ1n) is 11.1. The molecule has 0 radical (unpaired) electrons. The Morgan fingerprint density at radius 1 is 1.09 bits per heavy atom. The molecule has 4 rings (SSSR count). The number of fused-ring (bicyclic) bond motifs is 1. The van der Waals surface area contributed by atoms with Crippen LogP contribution in [0.1, 0.15) is 46.0 Å². The molecule has 3 N–H and O–H groups in total. The number of amides is 2. The van der Waals surface area contributed by atoms with Crippen LogP contribution in [0.2, 0.25) is 0 Å². The van der Waals surface area contributed by atoms with Crippen molar-refractivity contribution in [2.24, 2.45) is 5.10 Å². The van der Waals surface area contributed by atoms with Gasteiger partial charge in [0.15, 0.2) is 6.04 Å². The van der Waals surface area contributed by atoms with Gasteiger partial charge in [-0.2, -0.15) is 15.3 Å². The summed E-state index contributed by atoms with van der Waals surface area (Å²) in [5, 5.41) is 18.6. The number of H-pyrrole nitrogens is 1. The minimum Gasteiger partial charge on any atom is -0.335 e. The standard InChI is InChI=1S/C25H25N7O3/c1-4-32-16(3)20(15(2)31-32)14-26-29-25(35)22(27-23(33)17-10-6-5-7-11-17)21-18-12-8-9-13-19(18)24(34)30-28-21/h5-14,22H,4H2,1-3H3,(H,27,33)(H,29,35)(H,30,34)/t22-/m0/s1. The summed E-state index contributed by atoms with van der Waals surface area (Å²) < 4.78 is 1.85. The smallest absolute Gasteiger partial charge is 0.272 e. The van der Waals surface area contributed by atoms with Gasteiger partial charge in [-0.25, -0.2) is 10.5 Å². The van der Waals surface area contributed by atoms with Crippen LogP contribution in [0.15, 0.2) is 64.5 Å². The molecular weight excluding hydrogens is 446 g/mol. The lowest BCUT2D eigenvalue weighted by Crippen LogP contribution is -2.40. The summed E-state index contributed by atoms with van der Waals surface area (Å²) in [4.78, 5) is 38.4. The molecule has 0 bridgehead atoms. The zero-order valence-corrected chi connectivity index (χ0v) is 19.6. The van der Waals surface area contributed by atoms with E-state index in [2.05, 4.69) is 31.1 Å². The normalized spacial score (nSPS) is 12.1. The second-order valence-electron chi connectivity index (χ2n) is 7.89. The van der Waals surface area contributed by atoms with Gasteiger partial charge in [0.1, 0.15) is 5.69 Å². The maximum absolute atomic E-state index is 13.3. The monoisotopic (exact) mass is 471 g/mol. The molecule has 0 fully saturated rings. The van der Waals surface area contributed by atoms with E-state index in [1.165, 1.54) is 6.21 Å². The Kier molecular flexibility index (Phi) is 6.81. The zero-order chi connectivity index (χ0) is 24.9. The summed E-state index contributed by atoms with van der Waals surface area (Å²) in [5.41, 5.74) is 5.17. The summed E-state index contributed by atoms with van der Waals surface area (Å²) in [6.07, 6.45) is 1.52. The molecule has 2 heterocycles. The molecule has 10 heteroatoms. The first-order chi connectivity index (χ1) is 16.9. The number of rotatable bonds is 7. The van der Waals surface area contributed by atoms with Crippen LogP contribution < -0.4 is 16.3 Å². The number of aryl methyl sites for hydroxylation is 2. The summed E-state index contributed by atoms with van der Waals surface area (Å²) >= 11 is 0. The molecule has 0 aliphatic rings. The Labute approximate surface area is 201 Å². The van der Waals surface area contributed by atoms with Crippen molar-refractivity contribution >= 4 is 28.8 Å². The Bertz CT molecular complexity index is 1470. The second kappa shape index (κ2) is 10.1. The fraction of sp³-hybridized carbons (Fsp3) is 0.200. The highest BCUT2D eigenvalue weighted by Crippen LogP contribution is 2.20. The van der Waals surface area contributed by atoms with Crippen molar-refractivity contribution < 1.29 is 9.59 Å². The molecule has 10 nitrogen and oxygen atoms in total. The Morgan fingerprint density at radius 2 is 1.77 bits per heavy atom. The minimum atomic E-state index is -1.22. The van der Waals surface area contributed by atoms with E-state index in [0.717, 1.165) is 17.0 Å². The van der Waals surface area contributed by atoms with E-state index in [9.17, 15) is 14.4 Å². The Hall–Kier alpha value is -4.60. The molecule has 0 spiro atoms. The Morgan fingerprint density at radius 3 is 2.46 bits per heavy atom. The Balaban J connectivity index is 1.68. The highest BCUT2D eigenvalue weighted by Gasteiger charge is 2.27. The topological polar surface area (TPSA) is 134 Å². The number of benzene rings is 2. The molecule has 0 saturated carbocycles. The number of carbonyl (C=O) groups is 2. The van der Waals surface area contributed by atoms with Gasteiger partial charge in [-0.3, -0.25) is 19.1 Å². The van der Waals surface area contributed by atoms with Gasteiger partial charge in [0.25, 0.3) is 17.4 Å². The van der Waals surface area contributed by atoms with Gasteiger partial charge in [-0.15, -0.1) is 0 Å². The molecule has 0 aliphatic heterocycles. The maximum atomic E-state index is 13.3. The van der Waals surface area contributed by atoms with Crippen LogP contribution in [0.25, 0.3) is 10.8 Å². The number of hydrazone groups is 1. The van der Waals surface area contributed by atoms with E-state index in [-0.39, 0.29) is 5.69 Å². The highest BCUT2D eigenvalue weighted by atomic mass is 16.2. The van der Waals surface area contributed by atoms with Crippen molar-refractivity contribution in [3.8, 4) is 0 Å². The second-order valence-corrected chi connectivity index (χ2v) is 7.89. The minimum absolute atomic E-state index is 0.198. The third-order valence-electron chi connectivity index (χ3n) is 5.68. The number of carbonyl (C=O) groups excluding carboxylic acids is 2. The van der Waals surface area contributed by atoms with Gasteiger partial charge >= 0.3 is 0 Å². The van der Waals surface area contributed by atoms with E-state index in [1.807, 2.05) is 25.5 Å². The predicted molar refractivity (Wildman–Crippen MR) is 132 cm³/mol. The molecule has 0 aliphatic carbocycles. The number of aromatic nitrogens is 4. The van der Waals surface area contributed by atoms with Crippen LogP contribution >= 0.6 is 0 Å². The SMILES string of the molecule is CCn1nc(C)c(C=NNC(=O)[C@@H](NC(=O)c2ccccc2)c2n[nH]c(=O)c3ccccc23)c1C. The van der Waals surface area contributed by atoms with Crippen molar-refractivity contribution in [3.63, 3.8) is 0 Å². The quantitative estimate of drug-likeness (QED) is 0.281. The molecule has 2 aromatic heterocycles. The van der Waals surface area contributed by atoms with Gasteiger partial charge in [0, 0.05) is 28.8 Å². The molecular formula is C25H25N7O3. The first-order valence-corrected chi connectivity index (χ1v) is 11.1. The molecule has 178 valence electrons. The van der Waals surface area contributed by atoms with Crippen LogP contribution in [0.3, 0.4) is 0 Å².